The van der Waals surface area contributed by atoms with Crippen molar-refractivity contribution in [3.63, 3.8) is 0 Å². The number of hydrogen-bond acceptors (Lipinski definition) is 5. The summed E-state index contributed by atoms with van der Waals surface area (Å²) in [7, 11) is 3.45. The summed E-state index contributed by atoms with van der Waals surface area (Å²) in [6.45, 7) is 8.24. The topological polar surface area (TPSA) is 48.2 Å². The molecule has 1 atom stereocenters. The van der Waals surface area contributed by atoms with Crippen molar-refractivity contribution in [3.05, 3.63) is 41.6 Å². The molecule has 6 nitrogen and oxygen atoms in total. The minimum atomic E-state index is 0.586. The number of nitrogens with zero attached hydrogens (tertiary/aromatic N) is 3. The second-order valence-electron chi connectivity index (χ2n) is 9.66. The van der Waals surface area contributed by atoms with E-state index in [-0.39, 0.29) is 0 Å². The molecule has 0 amide bonds. The number of rotatable bonds is 10. The number of methoxy groups -OCH3 is 2. The van der Waals surface area contributed by atoms with Crippen molar-refractivity contribution >= 4 is 11.2 Å². The van der Waals surface area contributed by atoms with Crippen molar-refractivity contribution < 1.29 is 14.2 Å². The Kier molecular flexibility index (Phi) is 6.68. The van der Waals surface area contributed by atoms with Crippen LogP contribution >= 0.6 is 0 Å². The maximum atomic E-state index is 5.85. The first-order chi connectivity index (χ1) is 16.7. The van der Waals surface area contributed by atoms with E-state index in [1.165, 1.54) is 24.1 Å². The van der Waals surface area contributed by atoms with E-state index < -0.39 is 0 Å². The van der Waals surface area contributed by atoms with E-state index >= 15 is 0 Å². The highest BCUT2D eigenvalue weighted by Gasteiger charge is 2.30. The zero-order valence-electron chi connectivity index (χ0n) is 21.0. The molecule has 2 fully saturated rings. The lowest BCUT2D eigenvalue weighted by molar-refractivity contribution is 0.186. The van der Waals surface area contributed by atoms with Gasteiger partial charge in [0.2, 0.25) is 0 Å². The smallest absolute Gasteiger partial charge is 0.132 e. The highest BCUT2D eigenvalue weighted by molar-refractivity contribution is 5.82. The average Bonchev–Trinajstić information content (AvgIpc) is 3.38. The monoisotopic (exact) mass is 463 g/mol. The molecule has 2 aromatic heterocycles. The molecule has 0 radical (unpaired) electrons. The van der Waals surface area contributed by atoms with Gasteiger partial charge in [0.1, 0.15) is 11.5 Å². The van der Waals surface area contributed by atoms with Crippen LogP contribution in [0, 0.1) is 11.8 Å². The van der Waals surface area contributed by atoms with Gasteiger partial charge in [-0.15, -0.1) is 0 Å². The van der Waals surface area contributed by atoms with Crippen molar-refractivity contribution in [2.24, 2.45) is 11.8 Å². The molecule has 2 aliphatic rings. The fourth-order valence-corrected chi connectivity index (χ4v) is 5.21. The Hall–Kier alpha value is -2.73. The third kappa shape index (κ3) is 4.36. The van der Waals surface area contributed by atoms with E-state index in [0.29, 0.717) is 5.92 Å². The summed E-state index contributed by atoms with van der Waals surface area (Å²) >= 11 is 0. The van der Waals surface area contributed by atoms with E-state index in [9.17, 15) is 0 Å². The third-order valence-electron chi connectivity index (χ3n) is 7.26. The molecule has 1 aromatic carbocycles. The van der Waals surface area contributed by atoms with Crippen molar-refractivity contribution in [2.45, 2.75) is 46.0 Å². The van der Waals surface area contributed by atoms with Crippen LogP contribution in [-0.2, 0) is 17.6 Å². The first-order valence-corrected chi connectivity index (χ1v) is 12.7. The third-order valence-corrected chi connectivity index (χ3v) is 7.26. The molecule has 1 aliphatic heterocycles. The Labute approximate surface area is 202 Å². The normalized spacial score (nSPS) is 17.9. The van der Waals surface area contributed by atoms with Gasteiger partial charge >= 0.3 is 0 Å². The van der Waals surface area contributed by atoms with Crippen LogP contribution in [0.25, 0.3) is 16.8 Å². The van der Waals surface area contributed by atoms with Crippen LogP contribution in [0.2, 0.25) is 0 Å². The summed E-state index contributed by atoms with van der Waals surface area (Å²) in [5, 5.41) is 5.16. The largest absolute Gasteiger partial charge is 0.496 e. The zero-order chi connectivity index (χ0) is 23.7. The van der Waals surface area contributed by atoms with E-state index in [2.05, 4.69) is 53.6 Å². The van der Waals surface area contributed by atoms with Crippen LogP contribution < -0.4 is 14.4 Å². The Morgan fingerprint density at radius 3 is 2.32 bits per heavy atom. The Morgan fingerprint density at radius 1 is 1.00 bits per heavy atom. The molecule has 0 spiro atoms. The molecule has 182 valence electrons. The maximum Gasteiger partial charge on any atom is 0.132 e. The molecule has 1 saturated carbocycles. The molecule has 3 heterocycles. The summed E-state index contributed by atoms with van der Waals surface area (Å²) in [4.78, 5) is 2.61. The van der Waals surface area contributed by atoms with Gasteiger partial charge in [0.05, 0.1) is 49.0 Å². The van der Waals surface area contributed by atoms with Gasteiger partial charge in [0, 0.05) is 25.6 Å². The SMILES string of the molecule is CCc1cc(OC)c(-c2cccc3c(N(CC4CC4)CC4CCOC4)c(CC)nn23)c(OC)c1. The predicted octanol–water partition coefficient (Wildman–Crippen LogP) is 5.40. The number of aryl methyl sites for hydroxylation is 2. The Bertz CT molecular complexity index is 1120. The van der Waals surface area contributed by atoms with E-state index in [1.807, 2.05) is 0 Å². The number of aromatic nitrogens is 2. The van der Waals surface area contributed by atoms with Crippen LogP contribution in [0.15, 0.2) is 30.3 Å². The highest BCUT2D eigenvalue weighted by Crippen LogP contribution is 2.42. The van der Waals surface area contributed by atoms with Gasteiger partial charge in [0.15, 0.2) is 0 Å². The van der Waals surface area contributed by atoms with E-state index in [1.54, 1.807) is 14.2 Å². The highest BCUT2D eigenvalue weighted by atomic mass is 16.5. The quantitative estimate of drug-likeness (QED) is 0.403. The van der Waals surface area contributed by atoms with Crippen molar-refractivity contribution in [2.75, 3.05) is 45.4 Å². The maximum absolute atomic E-state index is 5.85. The van der Waals surface area contributed by atoms with Crippen LogP contribution in [0.5, 0.6) is 11.5 Å². The van der Waals surface area contributed by atoms with Crippen molar-refractivity contribution in [1.29, 1.82) is 0 Å². The fourth-order valence-electron chi connectivity index (χ4n) is 5.21. The Morgan fingerprint density at radius 2 is 1.74 bits per heavy atom. The number of anilines is 1. The average molecular weight is 464 g/mol. The van der Waals surface area contributed by atoms with Crippen LogP contribution in [0.3, 0.4) is 0 Å². The lowest BCUT2D eigenvalue weighted by Gasteiger charge is -2.27. The van der Waals surface area contributed by atoms with Crippen LogP contribution in [0.1, 0.15) is 44.4 Å². The number of hydrogen-bond donors (Lipinski definition) is 0. The van der Waals surface area contributed by atoms with E-state index in [0.717, 1.165) is 85.5 Å². The van der Waals surface area contributed by atoms with Gasteiger partial charge in [-0.2, -0.15) is 5.10 Å². The summed E-state index contributed by atoms with van der Waals surface area (Å²) in [6.07, 6.45) is 5.63. The standard InChI is InChI=1S/C28H37N3O3/c1-5-19-14-25(32-3)27(26(15-19)33-4)23-8-7-9-24-28(22(6-2)29-31(23)24)30(16-20-10-11-20)17-21-12-13-34-18-21/h7-9,14-15,20-21H,5-6,10-13,16-18H2,1-4H3. The van der Waals surface area contributed by atoms with Gasteiger partial charge in [-0.1, -0.05) is 19.9 Å². The first-order valence-electron chi connectivity index (χ1n) is 12.7. The minimum Gasteiger partial charge on any atom is -0.496 e. The summed E-state index contributed by atoms with van der Waals surface area (Å²) in [5.41, 5.74) is 6.71. The lowest BCUT2D eigenvalue weighted by atomic mass is 10.0. The number of benzene rings is 1. The molecule has 1 saturated heterocycles. The fraction of sp³-hybridized carbons (Fsp3) is 0.536. The molecular formula is C28H37N3O3. The van der Waals surface area contributed by atoms with Crippen LogP contribution in [0.4, 0.5) is 5.69 Å². The second kappa shape index (κ2) is 9.87. The second-order valence-corrected chi connectivity index (χ2v) is 9.66. The Balaban J connectivity index is 1.66. The van der Waals surface area contributed by atoms with E-state index in [4.69, 9.17) is 19.3 Å². The summed E-state index contributed by atoms with van der Waals surface area (Å²) in [5.74, 6) is 3.02. The first kappa shape index (κ1) is 23.0. The lowest BCUT2D eigenvalue weighted by Crippen LogP contribution is -2.32. The van der Waals surface area contributed by atoms with Crippen molar-refractivity contribution in [1.82, 2.24) is 9.61 Å². The number of ether oxygens (including phenoxy) is 3. The van der Waals surface area contributed by atoms with Gasteiger partial charge in [-0.05, 0) is 67.9 Å². The van der Waals surface area contributed by atoms with Gasteiger partial charge in [-0.3, -0.25) is 0 Å². The number of pyridine rings is 1. The molecule has 0 bridgehead atoms. The molecule has 34 heavy (non-hydrogen) atoms. The van der Waals surface area contributed by atoms with Gasteiger partial charge < -0.3 is 19.1 Å². The number of fused-ring (bicyclic) bond motifs is 1. The van der Waals surface area contributed by atoms with Gasteiger partial charge in [0.25, 0.3) is 0 Å². The van der Waals surface area contributed by atoms with Gasteiger partial charge in [-0.25, -0.2) is 4.52 Å². The zero-order valence-corrected chi connectivity index (χ0v) is 21.0. The van der Waals surface area contributed by atoms with Crippen molar-refractivity contribution in [3.8, 4) is 22.8 Å². The molecule has 1 aliphatic carbocycles. The molecule has 1 unspecified atom stereocenters. The molecule has 3 aromatic rings. The summed E-state index contributed by atoms with van der Waals surface area (Å²) in [6, 6.07) is 10.7. The molecular weight excluding hydrogens is 426 g/mol. The molecule has 6 heteroatoms. The molecule has 5 rings (SSSR count). The predicted molar refractivity (Wildman–Crippen MR) is 136 cm³/mol. The summed E-state index contributed by atoms with van der Waals surface area (Å²) < 4.78 is 19.5. The molecule has 0 N–H and O–H groups in total. The minimum absolute atomic E-state index is 0.586. The van der Waals surface area contributed by atoms with Crippen LogP contribution in [-0.4, -0.2) is 50.1 Å².